The van der Waals surface area contributed by atoms with Gasteiger partial charge in [-0.25, -0.2) is 9.97 Å². The Morgan fingerprint density at radius 1 is 1.23 bits per heavy atom. The van der Waals surface area contributed by atoms with Crippen molar-refractivity contribution in [2.75, 3.05) is 11.4 Å². The fraction of sp³-hybridized carbons (Fsp3) is 0.706. The number of amides is 1. The van der Waals surface area contributed by atoms with Gasteiger partial charge in [-0.2, -0.15) is 0 Å². The second-order valence-corrected chi connectivity index (χ2v) is 7.00. The molecule has 0 radical (unpaired) electrons. The largest absolute Gasteiger partial charge is 0.369 e. The van der Waals surface area contributed by atoms with Crippen LogP contribution in [0.25, 0.3) is 0 Å². The van der Waals surface area contributed by atoms with E-state index >= 15 is 0 Å². The monoisotopic (exact) mass is 304 g/mol. The third-order valence-corrected chi connectivity index (χ3v) is 4.44. The predicted octanol–water partition coefficient (Wildman–Crippen LogP) is 2.81. The van der Waals surface area contributed by atoms with E-state index in [0.717, 1.165) is 30.2 Å². The van der Waals surface area contributed by atoms with Gasteiger partial charge >= 0.3 is 0 Å². The summed E-state index contributed by atoms with van der Waals surface area (Å²) >= 11 is 0. The van der Waals surface area contributed by atoms with Crippen molar-refractivity contribution < 1.29 is 4.79 Å². The zero-order chi connectivity index (χ0) is 16.4. The molecule has 22 heavy (non-hydrogen) atoms. The molecule has 0 spiro atoms. The van der Waals surface area contributed by atoms with E-state index in [9.17, 15) is 4.79 Å². The Balaban J connectivity index is 2.38. The number of nitrogens with zero attached hydrogens (tertiary/aromatic N) is 3. The number of carbonyl (C=O) groups is 1. The average molecular weight is 304 g/mol. The Bertz CT molecular complexity index is 515. The SMILES string of the molecule is CC(C)c1cc(N2CC(C(N)=O)CCC2C)nc(C(C)C)n1. The molecule has 1 aliphatic heterocycles. The van der Waals surface area contributed by atoms with Gasteiger partial charge in [-0.3, -0.25) is 4.79 Å². The van der Waals surface area contributed by atoms with Gasteiger partial charge in [0.25, 0.3) is 0 Å². The maximum atomic E-state index is 11.6. The van der Waals surface area contributed by atoms with Gasteiger partial charge in [0.2, 0.25) is 5.91 Å². The quantitative estimate of drug-likeness (QED) is 0.928. The normalized spacial score (nSPS) is 22.4. The molecule has 1 aromatic rings. The van der Waals surface area contributed by atoms with E-state index in [0.29, 0.717) is 18.5 Å². The summed E-state index contributed by atoms with van der Waals surface area (Å²) in [6, 6.07) is 2.43. The second kappa shape index (κ2) is 6.63. The zero-order valence-electron chi connectivity index (χ0n) is 14.3. The molecule has 2 unspecified atom stereocenters. The van der Waals surface area contributed by atoms with Crippen LogP contribution in [0.2, 0.25) is 0 Å². The lowest BCUT2D eigenvalue weighted by Gasteiger charge is -2.38. The topological polar surface area (TPSA) is 72.1 Å². The zero-order valence-corrected chi connectivity index (χ0v) is 14.3. The minimum absolute atomic E-state index is 0.0869. The fourth-order valence-electron chi connectivity index (χ4n) is 2.83. The highest BCUT2D eigenvalue weighted by atomic mass is 16.1. The Hall–Kier alpha value is -1.65. The number of rotatable bonds is 4. The number of nitrogens with two attached hydrogens (primary N) is 1. The summed E-state index contributed by atoms with van der Waals surface area (Å²) in [5.74, 6) is 2.14. The van der Waals surface area contributed by atoms with Crippen molar-refractivity contribution in [3.8, 4) is 0 Å². The first-order valence-corrected chi connectivity index (χ1v) is 8.24. The molecule has 2 N–H and O–H groups in total. The number of piperidine rings is 1. The Morgan fingerprint density at radius 2 is 1.91 bits per heavy atom. The number of hydrogen-bond donors (Lipinski definition) is 1. The third-order valence-electron chi connectivity index (χ3n) is 4.44. The molecule has 1 saturated heterocycles. The van der Waals surface area contributed by atoms with Crippen molar-refractivity contribution in [2.45, 2.75) is 65.3 Å². The van der Waals surface area contributed by atoms with Crippen molar-refractivity contribution >= 4 is 11.7 Å². The van der Waals surface area contributed by atoms with Gasteiger partial charge in [-0.15, -0.1) is 0 Å². The van der Waals surface area contributed by atoms with Gasteiger partial charge in [0.15, 0.2) is 0 Å². The average Bonchev–Trinajstić information content (AvgIpc) is 2.46. The van der Waals surface area contributed by atoms with Crippen LogP contribution < -0.4 is 10.6 Å². The molecule has 122 valence electrons. The lowest BCUT2D eigenvalue weighted by Crippen LogP contribution is -2.46. The van der Waals surface area contributed by atoms with Gasteiger partial charge in [0.1, 0.15) is 11.6 Å². The molecule has 0 saturated carbocycles. The van der Waals surface area contributed by atoms with E-state index in [1.807, 2.05) is 0 Å². The molecule has 2 heterocycles. The molecule has 5 nitrogen and oxygen atoms in total. The third kappa shape index (κ3) is 3.57. The van der Waals surface area contributed by atoms with Crippen molar-refractivity contribution in [2.24, 2.45) is 11.7 Å². The van der Waals surface area contributed by atoms with Crippen LogP contribution in [-0.2, 0) is 4.79 Å². The molecule has 0 aromatic carbocycles. The van der Waals surface area contributed by atoms with Crippen LogP contribution >= 0.6 is 0 Å². The maximum Gasteiger partial charge on any atom is 0.222 e. The van der Waals surface area contributed by atoms with Gasteiger partial charge in [0.05, 0.1) is 5.92 Å². The highest BCUT2D eigenvalue weighted by Crippen LogP contribution is 2.29. The van der Waals surface area contributed by atoms with E-state index in [2.05, 4.69) is 50.6 Å². The Kier molecular flexibility index (Phi) is 5.04. The van der Waals surface area contributed by atoms with Crippen molar-refractivity contribution in [1.29, 1.82) is 0 Å². The Morgan fingerprint density at radius 3 is 2.45 bits per heavy atom. The highest BCUT2D eigenvalue weighted by molar-refractivity contribution is 5.77. The summed E-state index contributed by atoms with van der Waals surface area (Å²) in [4.78, 5) is 23.2. The molecule has 1 fully saturated rings. The first-order valence-electron chi connectivity index (χ1n) is 8.24. The first-order chi connectivity index (χ1) is 10.3. The lowest BCUT2D eigenvalue weighted by atomic mass is 9.93. The first kappa shape index (κ1) is 16.7. The second-order valence-electron chi connectivity index (χ2n) is 7.00. The van der Waals surface area contributed by atoms with Crippen LogP contribution in [0.5, 0.6) is 0 Å². The molecule has 5 heteroatoms. The van der Waals surface area contributed by atoms with E-state index in [1.165, 1.54) is 0 Å². The molecular weight excluding hydrogens is 276 g/mol. The number of aromatic nitrogens is 2. The van der Waals surface area contributed by atoms with Crippen LogP contribution in [-0.4, -0.2) is 28.5 Å². The summed E-state index contributed by atoms with van der Waals surface area (Å²) < 4.78 is 0. The van der Waals surface area contributed by atoms with Gasteiger partial charge in [-0.05, 0) is 25.7 Å². The fourth-order valence-corrected chi connectivity index (χ4v) is 2.83. The predicted molar refractivity (Wildman–Crippen MR) is 88.9 cm³/mol. The molecular formula is C17H28N4O. The molecule has 2 rings (SSSR count). The van der Waals surface area contributed by atoms with Crippen LogP contribution in [0.15, 0.2) is 6.07 Å². The summed E-state index contributed by atoms with van der Waals surface area (Å²) in [5.41, 5.74) is 6.57. The Labute approximate surface area is 133 Å². The summed E-state index contributed by atoms with van der Waals surface area (Å²) in [6.45, 7) is 11.3. The maximum absolute atomic E-state index is 11.6. The number of hydrogen-bond acceptors (Lipinski definition) is 4. The van der Waals surface area contributed by atoms with Crippen molar-refractivity contribution in [3.05, 3.63) is 17.6 Å². The summed E-state index contributed by atoms with van der Waals surface area (Å²) in [6.07, 6.45) is 1.83. The molecule has 0 aliphatic carbocycles. The molecule has 1 aliphatic rings. The minimum Gasteiger partial charge on any atom is -0.369 e. The number of primary amides is 1. The van der Waals surface area contributed by atoms with E-state index < -0.39 is 0 Å². The van der Waals surface area contributed by atoms with Crippen LogP contribution in [0, 0.1) is 5.92 Å². The molecule has 2 atom stereocenters. The molecule has 1 amide bonds. The number of anilines is 1. The van der Waals surface area contributed by atoms with E-state index in [4.69, 9.17) is 10.7 Å². The molecule has 0 bridgehead atoms. The van der Waals surface area contributed by atoms with Gasteiger partial charge in [0, 0.05) is 30.3 Å². The smallest absolute Gasteiger partial charge is 0.222 e. The van der Waals surface area contributed by atoms with Gasteiger partial charge in [-0.1, -0.05) is 27.7 Å². The van der Waals surface area contributed by atoms with Crippen LogP contribution in [0.4, 0.5) is 5.82 Å². The minimum atomic E-state index is -0.209. The molecule has 1 aromatic heterocycles. The standard InChI is InChI=1S/C17H28N4O/c1-10(2)14-8-15(20-17(19-14)11(3)4)21-9-13(16(18)22)7-6-12(21)5/h8,10-13H,6-7,9H2,1-5H3,(H2,18,22). The van der Waals surface area contributed by atoms with Crippen LogP contribution in [0.1, 0.15) is 70.8 Å². The summed E-state index contributed by atoms with van der Waals surface area (Å²) in [7, 11) is 0. The van der Waals surface area contributed by atoms with E-state index in [-0.39, 0.29) is 17.7 Å². The van der Waals surface area contributed by atoms with Crippen molar-refractivity contribution in [1.82, 2.24) is 9.97 Å². The summed E-state index contributed by atoms with van der Waals surface area (Å²) in [5, 5.41) is 0. The highest BCUT2D eigenvalue weighted by Gasteiger charge is 2.30. The van der Waals surface area contributed by atoms with E-state index in [1.54, 1.807) is 0 Å². The lowest BCUT2D eigenvalue weighted by molar-refractivity contribution is -0.122. The van der Waals surface area contributed by atoms with Crippen molar-refractivity contribution in [3.63, 3.8) is 0 Å². The van der Waals surface area contributed by atoms with Crippen LogP contribution in [0.3, 0.4) is 0 Å². The van der Waals surface area contributed by atoms with Gasteiger partial charge < -0.3 is 10.6 Å². The number of carbonyl (C=O) groups excluding carboxylic acids is 1.